The minimum atomic E-state index is -1.08. The van der Waals surface area contributed by atoms with Gasteiger partial charge in [0.2, 0.25) is 0 Å². The zero-order valence-corrected chi connectivity index (χ0v) is 9.63. The molecule has 2 aromatic heterocycles. The molecule has 0 aromatic carbocycles. The number of nitrogens with zero attached hydrogens (tertiary/aromatic N) is 2. The third-order valence-electron chi connectivity index (χ3n) is 3.24. The van der Waals surface area contributed by atoms with Crippen molar-refractivity contribution in [2.24, 2.45) is 0 Å². The molecule has 1 unspecified atom stereocenters. The summed E-state index contributed by atoms with van der Waals surface area (Å²) in [5.41, 5.74) is 0.404. The van der Waals surface area contributed by atoms with E-state index in [1.807, 2.05) is 0 Å². The van der Waals surface area contributed by atoms with E-state index in [9.17, 15) is 9.90 Å². The first-order chi connectivity index (χ1) is 8.68. The molecule has 0 bridgehead atoms. The monoisotopic (exact) mass is 247 g/mol. The molecule has 0 spiro atoms. The molecule has 1 aliphatic rings. The molecule has 1 saturated heterocycles. The Hall–Kier alpha value is -2.08. The average Bonchev–Trinajstić information content (AvgIpc) is 2.95. The first-order valence-electron chi connectivity index (χ1n) is 5.85. The summed E-state index contributed by atoms with van der Waals surface area (Å²) in [6.07, 6.45) is 1.92. The van der Waals surface area contributed by atoms with Gasteiger partial charge in [0, 0.05) is 0 Å². The van der Waals surface area contributed by atoms with E-state index in [1.54, 1.807) is 12.1 Å². The number of hydrogen-bond acceptors (Lipinski definition) is 4. The molecule has 3 rings (SSSR count). The molecule has 0 radical (unpaired) electrons. The first kappa shape index (κ1) is 11.0. The Kier molecular flexibility index (Phi) is 2.45. The molecule has 3 heterocycles. The second-order valence-corrected chi connectivity index (χ2v) is 4.38. The van der Waals surface area contributed by atoms with Crippen molar-refractivity contribution in [1.29, 1.82) is 0 Å². The standard InChI is InChI=1S/C12H13N3O3/c16-9-5-1-4-8-10(12(17)18)14-11(15(8)9)7-3-2-6-13-7/h1,4-5,7,13,16H,2-3,6H2,(H,17,18). The average molecular weight is 247 g/mol. The van der Waals surface area contributed by atoms with E-state index in [1.165, 1.54) is 10.5 Å². The van der Waals surface area contributed by atoms with Gasteiger partial charge >= 0.3 is 5.97 Å². The molecular weight excluding hydrogens is 234 g/mol. The molecule has 2 aromatic rings. The van der Waals surface area contributed by atoms with Crippen molar-refractivity contribution in [3.8, 4) is 5.88 Å². The Balaban J connectivity index is 2.27. The van der Waals surface area contributed by atoms with E-state index < -0.39 is 5.97 Å². The molecule has 94 valence electrons. The smallest absolute Gasteiger partial charge is 0.356 e. The molecule has 0 saturated carbocycles. The molecule has 18 heavy (non-hydrogen) atoms. The highest BCUT2D eigenvalue weighted by Gasteiger charge is 2.26. The minimum Gasteiger partial charge on any atom is -0.494 e. The number of rotatable bonds is 2. The quantitative estimate of drug-likeness (QED) is 0.741. The fraction of sp³-hybridized carbons (Fsp3) is 0.333. The highest BCUT2D eigenvalue weighted by atomic mass is 16.4. The topological polar surface area (TPSA) is 86.9 Å². The van der Waals surface area contributed by atoms with Crippen molar-refractivity contribution in [2.75, 3.05) is 6.54 Å². The maximum Gasteiger partial charge on any atom is 0.356 e. The molecule has 6 nitrogen and oxygen atoms in total. The van der Waals surface area contributed by atoms with Gasteiger partial charge in [-0.1, -0.05) is 6.07 Å². The van der Waals surface area contributed by atoms with Crippen LogP contribution in [-0.2, 0) is 0 Å². The number of nitrogens with one attached hydrogen (secondary N) is 1. The second-order valence-electron chi connectivity index (χ2n) is 4.38. The van der Waals surface area contributed by atoms with Crippen LogP contribution in [0.25, 0.3) is 5.52 Å². The van der Waals surface area contributed by atoms with Gasteiger partial charge in [0.15, 0.2) is 11.6 Å². The lowest BCUT2D eigenvalue weighted by atomic mass is 10.2. The second kappa shape index (κ2) is 3.99. The van der Waals surface area contributed by atoms with Gasteiger partial charge in [-0.2, -0.15) is 0 Å². The van der Waals surface area contributed by atoms with E-state index in [4.69, 9.17) is 5.11 Å². The van der Waals surface area contributed by atoms with Crippen molar-refractivity contribution >= 4 is 11.5 Å². The molecule has 6 heteroatoms. The number of hydrogen-bond donors (Lipinski definition) is 3. The maximum absolute atomic E-state index is 11.2. The predicted octanol–water partition coefficient (Wildman–Crippen LogP) is 1.16. The van der Waals surface area contributed by atoms with E-state index in [0.29, 0.717) is 11.3 Å². The minimum absolute atomic E-state index is 0.00102. The van der Waals surface area contributed by atoms with Crippen LogP contribution in [0.1, 0.15) is 35.2 Å². The summed E-state index contributed by atoms with van der Waals surface area (Å²) < 4.78 is 1.51. The van der Waals surface area contributed by atoms with Gasteiger partial charge in [0.25, 0.3) is 0 Å². The van der Waals surface area contributed by atoms with E-state index in [0.717, 1.165) is 19.4 Å². The highest BCUT2D eigenvalue weighted by molar-refractivity contribution is 5.93. The number of pyridine rings is 1. The maximum atomic E-state index is 11.2. The van der Waals surface area contributed by atoms with Crippen LogP contribution in [-0.4, -0.2) is 32.1 Å². The van der Waals surface area contributed by atoms with Gasteiger partial charge in [-0.15, -0.1) is 0 Å². The van der Waals surface area contributed by atoms with Gasteiger partial charge in [-0.05, 0) is 31.5 Å². The van der Waals surface area contributed by atoms with Crippen molar-refractivity contribution < 1.29 is 15.0 Å². The number of aromatic nitrogens is 2. The van der Waals surface area contributed by atoms with Gasteiger partial charge in [-0.3, -0.25) is 4.40 Å². The van der Waals surface area contributed by atoms with Crippen LogP contribution < -0.4 is 5.32 Å². The van der Waals surface area contributed by atoms with Gasteiger partial charge in [0.1, 0.15) is 5.82 Å². The third kappa shape index (κ3) is 1.53. The van der Waals surface area contributed by atoms with Crippen LogP contribution in [0.4, 0.5) is 0 Å². The summed E-state index contributed by atoms with van der Waals surface area (Å²) in [7, 11) is 0. The molecular formula is C12H13N3O3. The largest absolute Gasteiger partial charge is 0.494 e. The van der Waals surface area contributed by atoms with E-state index in [-0.39, 0.29) is 17.6 Å². The Morgan fingerprint density at radius 1 is 1.50 bits per heavy atom. The number of aromatic carboxylic acids is 1. The summed E-state index contributed by atoms with van der Waals surface area (Å²) in [4.78, 5) is 15.3. The molecule has 1 aliphatic heterocycles. The number of aromatic hydroxyl groups is 1. The lowest BCUT2D eigenvalue weighted by molar-refractivity contribution is 0.0693. The Morgan fingerprint density at radius 2 is 2.33 bits per heavy atom. The van der Waals surface area contributed by atoms with Crippen molar-refractivity contribution in [3.63, 3.8) is 0 Å². The Bertz CT molecular complexity index is 614. The number of carboxylic acid groups (broad SMARTS) is 1. The number of carbonyl (C=O) groups is 1. The molecule has 1 atom stereocenters. The van der Waals surface area contributed by atoms with Crippen molar-refractivity contribution in [3.05, 3.63) is 29.7 Å². The Labute approximate surface area is 103 Å². The molecule has 0 amide bonds. The van der Waals surface area contributed by atoms with Crippen LogP contribution in [0, 0.1) is 0 Å². The zero-order chi connectivity index (χ0) is 12.7. The van der Waals surface area contributed by atoms with Crippen LogP contribution in [0.3, 0.4) is 0 Å². The summed E-state index contributed by atoms with van der Waals surface area (Å²) in [5, 5.41) is 22.3. The fourth-order valence-electron chi connectivity index (χ4n) is 2.44. The third-order valence-corrected chi connectivity index (χ3v) is 3.24. The van der Waals surface area contributed by atoms with E-state index in [2.05, 4.69) is 10.3 Å². The number of imidazole rings is 1. The number of fused-ring (bicyclic) bond motifs is 1. The first-order valence-corrected chi connectivity index (χ1v) is 5.85. The lowest BCUT2D eigenvalue weighted by Crippen LogP contribution is -2.16. The van der Waals surface area contributed by atoms with E-state index >= 15 is 0 Å². The molecule has 3 N–H and O–H groups in total. The summed E-state index contributed by atoms with van der Waals surface area (Å²) in [5.74, 6) is -0.503. The van der Waals surface area contributed by atoms with Crippen molar-refractivity contribution in [2.45, 2.75) is 18.9 Å². The fourth-order valence-corrected chi connectivity index (χ4v) is 2.44. The predicted molar refractivity (Wildman–Crippen MR) is 63.8 cm³/mol. The SMILES string of the molecule is O=C(O)c1nc(C2CCCN2)n2c(O)cccc12. The van der Waals surface area contributed by atoms with Crippen molar-refractivity contribution in [1.82, 2.24) is 14.7 Å². The van der Waals surface area contributed by atoms with Crippen LogP contribution in [0.15, 0.2) is 18.2 Å². The molecule has 1 fully saturated rings. The summed E-state index contributed by atoms with van der Waals surface area (Å²) >= 11 is 0. The van der Waals surface area contributed by atoms with Gasteiger partial charge < -0.3 is 15.5 Å². The van der Waals surface area contributed by atoms with Gasteiger partial charge in [0.05, 0.1) is 11.6 Å². The number of carboxylic acids is 1. The summed E-state index contributed by atoms with van der Waals surface area (Å²) in [6.45, 7) is 0.885. The van der Waals surface area contributed by atoms with Crippen LogP contribution >= 0.6 is 0 Å². The normalized spacial score (nSPS) is 19.4. The zero-order valence-electron chi connectivity index (χ0n) is 9.63. The Morgan fingerprint density at radius 3 is 3.00 bits per heavy atom. The van der Waals surface area contributed by atoms with Gasteiger partial charge in [-0.25, -0.2) is 9.78 Å². The molecule has 0 aliphatic carbocycles. The van der Waals surface area contributed by atoms with Crippen LogP contribution in [0.2, 0.25) is 0 Å². The lowest BCUT2D eigenvalue weighted by Gasteiger charge is -2.09. The highest BCUT2D eigenvalue weighted by Crippen LogP contribution is 2.28. The van der Waals surface area contributed by atoms with Crippen LogP contribution in [0.5, 0.6) is 5.88 Å². The summed E-state index contributed by atoms with van der Waals surface area (Å²) in [6, 6.07) is 4.79.